The molecule has 0 heterocycles. The molecule has 0 amide bonds. The molecule has 0 aromatic rings. The first-order valence-electron chi connectivity index (χ1n) is 7.19. The Morgan fingerprint density at radius 3 is 2.06 bits per heavy atom. The first-order chi connectivity index (χ1) is 8.35. The Hall–Kier alpha value is -0.120. The zero-order valence-corrected chi connectivity index (χ0v) is 13.0. The van der Waals surface area contributed by atoms with Gasteiger partial charge in [0.15, 0.2) is 0 Å². The van der Waals surface area contributed by atoms with Gasteiger partial charge in [0.2, 0.25) is 0 Å². The van der Waals surface area contributed by atoms with Gasteiger partial charge in [-0.25, -0.2) is 0 Å². The van der Waals surface area contributed by atoms with Crippen molar-refractivity contribution >= 4 is 0 Å². The second-order valence-corrected chi connectivity index (χ2v) is 6.66. The molecule has 0 bridgehead atoms. The molecule has 1 aliphatic rings. The Morgan fingerprint density at radius 2 is 1.67 bits per heavy atom. The second-order valence-electron chi connectivity index (χ2n) is 6.66. The molecule has 1 aliphatic carbocycles. The number of methoxy groups -OCH3 is 1. The number of hydrogen-bond donors (Lipinski definition) is 1. The third-order valence-corrected chi connectivity index (χ3v) is 4.44. The average molecular weight is 257 g/mol. The predicted molar refractivity (Wildman–Crippen MR) is 75.9 cm³/mol. The van der Waals surface area contributed by atoms with E-state index in [2.05, 4.69) is 33.0 Å². The molecule has 0 spiro atoms. The Bertz CT molecular complexity index is 241. The molecule has 0 aromatic carbocycles. The van der Waals surface area contributed by atoms with E-state index in [1.807, 2.05) is 14.2 Å². The fraction of sp³-hybridized carbons (Fsp3) is 1.00. The van der Waals surface area contributed by atoms with Crippen LogP contribution in [0.1, 0.15) is 53.4 Å². The molecule has 108 valence electrons. The number of rotatable bonds is 6. The zero-order chi connectivity index (χ0) is 13.8. The van der Waals surface area contributed by atoms with Gasteiger partial charge in [-0.15, -0.1) is 0 Å². The zero-order valence-electron chi connectivity index (χ0n) is 13.0. The van der Waals surface area contributed by atoms with E-state index in [0.717, 1.165) is 19.4 Å². The van der Waals surface area contributed by atoms with E-state index in [-0.39, 0.29) is 17.7 Å². The van der Waals surface area contributed by atoms with E-state index < -0.39 is 0 Å². The van der Waals surface area contributed by atoms with Gasteiger partial charge < -0.3 is 14.8 Å². The van der Waals surface area contributed by atoms with E-state index in [4.69, 9.17) is 9.47 Å². The molecular weight excluding hydrogens is 226 g/mol. The summed E-state index contributed by atoms with van der Waals surface area (Å²) >= 11 is 0. The van der Waals surface area contributed by atoms with Crippen LogP contribution in [-0.4, -0.2) is 38.5 Å². The van der Waals surface area contributed by atoms with Gasteiger partial charge in [-0.1, -0.05) is 13.8 Å². The summed E-state index contributed by atoms with van der Waals surface area (Å²) in [5.74, 6) is 0. The Kier molecular flexibility index (Phi) is 5.63. The van der Waals surface area contributed by atoms with Crippen molar-refractivity contribution in [3.8, 4) is 0 Å². The van der Waals surface area contributed by atoms with Crippen LogP contribution in [0, 0.1) is 5.41 Å². The van der Waals surface area contributed by atoms with Crippen molar-refractivity contribution in [3.05, 3.63) is 0 Å². The third-order valence-electron chi connectivity index (χ3n) is 4.44. The monoisotopic (exact) mass is 257 g/mol. The highest BCUT2D eigenvalue weighted by Gasteiger charge is 2.43. The molecule has 1 N–H and O–H groups in total. The van der Waals surface area contributed by atoms with Gasteiger partial charge in [0, 0.05) is 7.11 Å². The first-order valence-corrected chi connectivity index (χ1v) is 7.19. The van der Waals surface area contributed by atoms with Gasteiger partial charge in [0.25, 0.3) is 0 Å². The lowest BCUT2D eigenvalue weighted by Gasteiger charge is -2.47. The molecule has 0 saturated heterocycles. The summed E-state index contributed by atoms with van der Waals surface area (Å²) in [5, 5.41) is 3.40. The highest BCUT2D eigenvalue weighted by molar-refractivity contribution is 4.98. The minimum atomic E-state index is -0.0564. The van der Waals surface area contributed by atoms with Crippen molar-refractivity contribution in [3.63, 3.8) is 0 Å². The fourth-order valence-corrected chi connectivity index (χ4v) is 2.83. The first kappa shape index (κ1) is 15.9. The van der Waals surface area contributed by atoms with Crippen LogP contribution in [0.25, 0.3) is 0 Å². The van der Waals surface area contributed by atoms with Crippen LogP contribution in [0.2, 0.25) is 0 Å². The van der Waals surface area contributed by atoms with E-state index in [1.54, 1.807) is 0 Å². The minimum Gasteiger partial charge on any atom is -0.377 e. The van der Waals surface area contributed by atoms with E-state index >= 15 is 0 Å². The van der Waals surface area contributed by atoms with Crippen LogP contribution in [0.3, 0.4) is 0 Å². The lowest BCUT2D eigenvalue weighted by Crippen LogP contribution is -2.56. The maximum absolute atomic E-state index is 5.91. The summed E-state index contributed by atoms with van der Waals surface area (Å²) in [6.45, 7) is 9.59. The van der Waals surface area contributed by atoms with E-state index in [1.165, 1.54) is 12.8 Å². The number of ether oxygens (including phenoxy) is 2. The van der Waals surface area contributed by atoms with Crippen molar-refractivity contribution in [2.75, 3.05) is 20.8 Å². The maximum atomic E-state index is 5.91. The van der Waals surface area contributed by atoms with E-state index in [0.29, 0.717) is 5.41 Å². The number of hydrogen-bond acceptors (Lipinski definition) is 3. The molecule has 1 unspecified atom stereocenters. The SMILES string of the molecule is CNC(COC(C)C)C1(OC)CCC(C)(C)CC1. The van der Waals surface area contributed by atoms with Crippen LogP contribution < -0.4 is 5.32 Å². The summed E-state index contributed by atoms with van der Waals surface area (Å²) in [4.78, 5) is 0. The Balaban J connectivity index is 2.67. The smallest absolute Gasteiger partial charge is 0.0853 e. The molecule has 0 radical (unpaired) electrons. The van der Waals surface area contributed by atoms with Crippen molar-refractivity contribution in [1.29, 1.82) is 0 Å². The standard InChI is InChI=1S/C15H31NO2/c1-12(2)18-11-13(16-5)15(17-6)9-7-14(3,4)8-10-15/h12-13,16H,7-11H2,1-6H3. The number of likely N-dealkylation sites (N-methyl/N-ethyl adjacent to an activating group) is 1. The Morgan fingerprint density at radius 1 is 1.11 bits per heavy atom. The van der Waals surface area contributed by atoms with Crippen LogP contribution in [-0.2, 0) is 9.47 Å². The summed E-state index contributed by atoms with van der Waals surface area (Å²) in [7, 11) is 3.85. The summed E-state index contributed by atoms with van der Waals surface area (Å²) in [6.07, 6.45) is 4.95. The molecule has 1 saturated carbocycles. The Labute approximate surface area is 113 Å². The van der Waals surface area contributed by atoms with Gasteiger partial charge in [-0.2, -0.15) is 0 Å². The van der Waals surface area contributed by atoms with Gasteiger partial charge in [-0.05, 0) is 52.0 Å². The van der Waals surface area contributed by atoms with Crippen LogP contribution in [0.5, 0.6) is 0 Å². The molecule has 1 fully saturated rings. The lowest BCUT2D eigenvalue weighted by atomic mass is 9.68. The van der Waals surface area contributed by atoms with Gasteiger partial charge >= 0.3 is 0 Å². The van der Waals surface area contributed by atoms with Gasteiger partial charge in [0.05, 0.1) is 24.4 Å². The largest absolute Gasteiger partial charge is 0.377 e. The molecule has 1 atom stereocenters. The normalized spacial score (nSPS) is 24.2. The van der Waals surface area contributed by atoms with Gasteiger partial charge in [-0.3, -0.25) is 0 Å². The van der Waals surface area contributed by atoms with Crippen LogP contribution >= 0.6 is 0 Å². The molecule has 1 rings (SSSR count). The summed E-state index contributed by atoms with van der Waals surface area (Å²) in [6, 6.07) is 0.279. The van der Waals surface area contributed by atoms with Crippen molar-refractivity contribution in [1.82, 2.24) is 5.32 Å². The fourth-order valence-electron chi connectivity index (χ4n) is 2.83. The summed E-state index contributed by atoms with van der Waals surface area (Å²) in [5.41, 5.74) is 0.401. The van der Waals surface area contributed by atoms with Crippen LogP contribution in [0.4, 0.5) is 0 Å². The molecule has 3 heteroatoms. The topological polar surface area (TPSA) is 30.5 Å². The lowest BCUT2D eigenvalue weighted by molar-refractivity contribution is -0.105. The van der Waals surface area contributed by atoms with Crippen molar-refractivity contribution in [2.24, 2.45) is 5.41 Å². The summed E-state index contributed by atoms with van der Waals surface area (Å²) < 4.78 is 11.7. The van der Waals surface area contributed by atoms with Gasteiger partial charge in [0.1, 0.15) is 0 Å². The quantitative estimate of drug-likeness (QED) is 0.793. The molecular formula is C15H31NO2. The van der Waals surface area contributed by atoms with Crippen molar-refractivity contribution < 1.29 is 9.47 Å². The molecule has 3 nitrogen and oxygen atoms in total. The highest BCUT2D eigenvalue weighted by atomic mass is 16.5. The molecule has 18 heavy (non-hydrogen) atoms. The molecule has 0 aromatic heterocycles. The predicted octanol–water partition coefficient (Wildman–Crippen LogP) is 2.98. The highest BCUT2D eigenvalue weighted by Crippen LogP contribution is 2.43. The average Bonchev–Trinajstić information content (AvgIpc) is 2.31. The second kappa shape index (κ2) is 6.36. The number of nitrogens with one attached hydrogen (secondary N) is 1. The van der Waals surface area contributed by atoms with E-state index in [9.17, 15) is 0 Å². The van der Waals surface area contributed by atoms with Crippen molar-refractivity contribution in [2.45, 2.75) is 71.1 Å². The van der Waals surface area contributed by atoms with Crippen LogP contribution in [0.15, 0.2) is 0 Å². The maximum Gasteiger partial charge on any atom is 0.0853 e. The third kappa shape index (κ3) is 3.94. The minimum absolute atomic E-state index is 0.0564. The molecule has 0 aliphatic heterocycles.